The number of ether oxygens (including phenoxy) is 2. The number of hydrogen-bond donors (Lipinski definition) is 2. The first-order valence-corrected chi connectivity index (χ1v) is 8.01. The fourth-order valence-electron chi connectivity index (χ4n) is 3.06. The fourth-order valence-corrected chi connectivity index (χ4v) is 3.06. The molecule has 0 aromatic heterocycles. The van der Waals surface area contributed by atoms with Crippen molar-refractivity contribution in [1.29, 1.82) is 0 Å². The van der Waals surface area contributed by atoms with Crippen LogP contribution in [0.1, 0.15) is 11.6 Å². The number of carbonyl (C=O) groups is 2. The summed E-state index contributed by atoms with van der Waals surface area (Å²) < 4.78 is 10.2. The zero-order valence-corrected chi connectivity index (χ0v) is 14.0. The molecule has 2 atom stereocenters. The number of urea groups is 1. The maximum atomic E-state index is 12.6. The van der Waals surface area contributed by atoms with Gasteiger partial charge in [-0.3, -0.25) is 4.79 Å². The average Bonchev–Trinajstić information content (AvgIpc) is 2.60. The molecule has 0 bridgehead atoms. The molecule has 6 nitrogen and oxygen atoms in total. The van der Waals surface area contributed by atoms with Gasteiger partial charge in [0, 0.05) is 12.8 Å². The number of fused-ring (bicyclic) bond motifs is 1. The van der Waals surface area contributed by atoms with Crippen LogP contribution in [0.25, 0.3) is 10.8 Å². The lowest BCUT2D eigenvalue weighted by Crippen LogP contribution is -2.51. The molecule has 2 aromatic carbocycles. The number of nitrogens with one attached hydrogen (secondary N) is 2. The van der Waals surface area contributed by atoms with E-state index in [2.05, 4.69) is 17.2 Å². The minimum absolute atomic E-state index is 0.148. The van der Waals surface area contributed by atoms with E-state index in [-0.39, 0.29) is 12.6 Å². The van der Waals surface area contributed by atoms with Crippen LogP contribution in [-0.2, 0) is 14.3 Å². The molecule has 1 heterocycles. The second-order valence-electron chi connectivity index (χ2n) is 5.81. The van der Waals surface area contributed by atoms with Gasteiger partial charge in [-0.25, -0.2) is 4.79 Å². The maximum absolute atomic E-state index is 12.6. The SMILES string of the molecule is C=C1NC(=O)N[C@H](c2cccc3ccccc23)[C@H]1C(=O)OCCOC. The average molecular weight is 340 g/mol. The predicted octanol–water partition coefficient (Wildman–Crippen LogP) is 2.51. The molecule has 0 radical (unpaired) electrons. The lowest BCUT2D eigenvalue weighted by Gasteiger charge is -2.33. The molecule has 0 unspecified atom stereocenters. The summed E-state index contributed by atoms with van der Waals surface area (Å²) in [5.74, 6) is -1.17. The highest BCUT2D eigenvalue weighted by Gasteiger charge is 2.39. The summed E-state index contributed by atoms with van der Waals surface area (Å²) in [6, 6.07) is 12.7. The summed E-state index contributed by atoms with van der Waals surface area (Å²) in [7, 11) is 1.54. The van der Waals surface area contributed by atoms with Crippen molar-refractivity contribution in [3.05, 3.63) is 60.3 Å². The van der Waals surface area contributed by atoms with E-state index in [1.54, 1.807) is 0 Å². The number of benzene rings is 2. The molecule has 0 spiro atoms. The zero-order valence-electron chi connectivity index (χ0n) is 14.0. The van der Waals surface area contributed by atoms with Crippen LogP contribution in [0.15, 0.2) is 54.7 Å². The molecule has 1 fully saturated rings. The smallest absolute Gasteiger partial charge is 0.319 e. The number of rotatable bonds is 5. The Morgan fingerprint density at radius 1 is 1.16 bits per heavy atom. The highest BCUT2D eigenvalue weighted by Crippen LogP contribution is 2.34. The van der Waals surface area contributed by atoms with Crippen molar-refractivity contribution < 1.29 is 19.1 Å². The van der Waals surface area contributed by atoms with Crippen LogP contribution in [0.5, 0.6) is 0 Å². The third-order valence-corrected chi connectivity index (χ3v) is 4.21. The van der Waals surface area contributed by atoms with Crippen molar-refractivity contribution in [2.75, 3.05) is 20.3 Å². The Morgan fingerprint density at radius 2 is 1.92 bits per heavy atom. The van der Waals surface area contributed by atoms with Gasteiger partial charge in [0.2, 0.25) is 0 Å². The Morgan fingerprint density at radius 3 is 2.72 bits per heavy atom. The van der Waals surface area contributed by atoms with Gasteiger partial charge < -0.3 is 20.1 Å². The number of esters is 1. The Labute approximate surface area is 145 Å². The Balaban J connectivity index is 1.98. The summed E-state index contributed by atoms with van der Waals surface area (Å²) >= 11 is 0. The van der Waals surface area contributed by atoms with Gasteiger partial charge in [-0.2, -0.15) is 0 Å². The van der Waals surface area contributed by atoms with Crippen molar-refractivity contribution >= 4 is 22.8 Å². The summed E-state index contributed by atoms with van der Waals surface area (Å²) in [4.78, 5) is 24.5. The van der Waals surface area contributed by atoms with Gasteiger partial charge in [-0.05, 0) is 16.3 Å². The van der Waals surface area contributed by atoms with Crippen molar-refractivity contribution in [1.82, 2.24) is 10.6 Å². The lowest BCUT2D eigenvalue weighted by atomic mass is 9.86. The first kappa shape index (κ1) is 17.0. The summed E-state index contributed by atoms with van der Waals surface area (Å²) in [5.41, 5.74) is 1.17. The monoisotopic (exact) mass is 340 g/mol. The number of hydrogen-bond acceptors (Lipinski definition) is 4. The molecule has 1 aliphatic rings. The lowest BCUT2D eigenvalue weighted by molar-refractivity contribution is -0.149. The Bertz CT molecular complexity index is 813. The molecule has 2 amide bonds. The molecule has 0 aliphatic carbocycles. The molecule has 1 aliphatic heterocycles. The first-order valence-electron chi connectivity index (χ1n) is 8.01. The molecule has 25 heavy (non-hydrogen) atoms. The second kappa shape index (κ2) is 7.36. The van der Waals surface area contributed by atoms with Crippen molar-refractivity contribution in [3.8, 4) is 0 Å². The van der Waals surface area contributed by atoms with E-state index < -0.39 is 17.9 Å². The van der Waals surface area contributed by atoms with Crippen LogP contribution in [-0.4, -0.2) is 32.3 Å². The Hall–Kier alpha value is -2.86. The molecule has 2 aromatic rings. The minimum atomic E-state index is -0.722. The van der Waals surface area contributed by atoms with Gasteiger partial charge in [0.15, 0.2) is 0 Å². The Kier molecular flexibility index (Phi) is 5.00. The number of carbonyl (C=O) groups excluding carboxylic acids is 2. The molecular weight excluding hydrogens is 320 g/mol. The molecule has 6 heteroatoms. The van der Waals surface area contributed by atoms with Crippen LogP contribution < -0.4 is 10.6 Å². The van der Waals surface area contributed by atoms with Gasteiger partial charge in [0.1, 0.15) is 12.5 Å². The normalized spacial score (nSPS) is 20.0. The largest absolute Gasteiger partial charge is 0.463 e. The third-order valence-electron chi connectivity index (χ3n) is 4.21. The van der Waals surface area contributed by atoms with E-state index in [0.29, 0.717) is 12.3 Å². The van der Waals surface area contributed by atoms with Crippen LogP contribution in [0.4, 0.5) is 4.79 Å². The van der Waals surface area contributed by atoms with E-state index in [1.807, 2.05) is 42.5 Å². The third kappa shape index (κ3) is 3.49. The van der Waals surface area contributed by atoms with Gasteiger partial charge in [-0.15, -0.1) is 0 Å². The predicted molar refractivity (Wildman–Crippen MR) is 93.8 cm³/mol. The summed E-state index contributed by atoms with van der Waals surface area (Å²) in [6.07, 6.45) is 0. The first-order chi connectivity index (χ1) is 12.1. The second-order valence-corrected chi connectivity index (χ2v) is 5.81. The van der Waals surface area contributed by atoms with Crippen molar-refractivity contribution in [2.45, 2.75) is 6.04 Å². The quantitative estimate of drug-likeness (QED) is 0.648. The molecular formula is C19H20N2O4. The van der Waals surface area contributed by atoms with Crippen LogP contribution in [0.3, 0.4) is 0 Å². The van der Waals surface area contributed by atoms with Crippen LogP contribution in [0.2, 0.25) is 0 Å². The van der Waals surface area contributed by atoms with E-state index >= 15 is 0 Å². The van der Waals surface area contributed by atoms with E-state index in [9.17, 15) is 9.59 Å². The van der Waals surface area contributed by atoms with E-state index in [0.717, 1.165) is 16.3 Å². The van der Waals surface area contributed by atoms with Gasteiger partial charge in [0.05, 0.1) is 12.6 Å². The van der Waals surface area contributed by atoms with E-state index in [4.69, 9.17) is 9.47 Å². The molecule has 0 saturated carbocycles. The maximum Gasteiger partial charge on any atom is 0.319 e. The highest BCUT2D eigenvalue weighted by atomic mass is 16.6. The van der Waals surface area contributed by atoms with E-state index in [1.165, 1.54) is 7.11 Å². The molecule has 130 valence electrons. The van der Waals surface area contributed by atoms with Gasteiger partial charge in [-0.1, -0.05) is 49.0 Å². The van der Waals surface area contributed by atoms with Gasteiger partial charge in [0.25, 0.3) is 0 Å². The topological polar surface area (TPSA) is 76.7 Å². The van der Waals surface area contributed by atoms with Crippen molar-refractivity contribution in [2.24, 2.45) is 5.92 Å². The fraction of sp³-hybridized carbons (Fsp3) is 0.263. The van der Waals surface area contributed by atoms with Crippen LogP contribution >= 0.6 is 0 Å². The highest BCUT2D eigenvalue weighted by molar-refractivity contribution is 5.90. The molecule has 3 rings (SSSR count). The van der Waals surface area contributed by atoms with Crippen LogP contribution in [0, 0.1) is 5.92 Å². The zero-order chi connectivity index (χ0) is 17.8. The summed E-state index contributed by atoms with van der Waals surface area (Å²) in [6.45, 7) is 4.30. The number of amides is 2. The van der Waals surface area contributed by atoms with Gasteiger partial charge >= 0.3 is 12.0 Å². The van der Waals surface area contributed by atoms with Crippen molar-refractivity contribution in [3.63, 3.8) is 0 Å². The molecule has 1 saturated heterocycles. The molecule has 2 N–H and O–H groups in total. The minimum Gasteiger partial charge on any atom is -0.463 e. The summed E-state index contributed by atoms with van der Waals surface area (Å²) in [5, 5.41) is 7.41. The standard InChI is InChI=1S/C19H20N2O4/c1-12-16(18(22)25-11-10-24-2)17(21-19(23)20-12)15-9-5-7-13-6-3-4-8-14(13)15/h3-9,16-17H,1,10-11H2,2H3,(H2,20,21,23)/t16-,17+/m0/s1. The number of methoxy groups -OCH3 is 1.